The number of aryl methyl sites for hydroxylation is 1. The minimum Gasteiger partial charge on any atom is -0.493 e. The fourth-order valence-electron chi connectivity index (χ4n) is 3.52. The van der Waals surface area contributed by atoms with Gasteiger partial charge in [0.25, 0.3) is 0 Å². The molecule has 1 aliphatic heterocycles. The maximum absolute atomic E-state index is 12.6. The van der Waals surface area contributed by atoms with Gasteiger partial charge in [-0.1, -0.05) is 6.07 Å². The zero-order chi connectivity index (χ0) is 21.7. The molecule has 1 saturated heterocycles. The molecule has 2 fully saturated rings. The number of halogens is 3. The quantitative estimate of drug-likeness (QED) is 0.691. The van der Waals surface area contributed by atoms with Crippen LogP contribution < -0.4 is 14.8 Å². The average Bonchev–Trinajstić information content (AvgIpc) is 3.54. The molecular formula is C21H27F3N2O4. The number of likely N-dealkylation sites (tertiary alicyclic amines) is 1. The fraction of sp³-hybridized carbons (Fsp3) is 0.619. The highest BCUT2D eigenvalue weighted by atomic mass is 19.4. The molecule has 1 aliphatic carbocycles. The van der Waals surface area contributed by atoms with Gasteiger partial charge in [0.1, 0.15) is 0 Å². The number of rotatable bonds is 8. The van der Waals surface area contributed by atoms with Gasteiger partial charge >= 0.3 is 6.18 Å². The predicted molar refractivity (Wildman–Crippen MR) is 103 cm³/mol. The van der Waals surface area contributed by atoms with Crippen LogP contribution in [-0.2, 0) is 16.0 Å². The van der Waals surface area contributed by atoms with Crippen molar-refractivity contribution in [1.29, 1.82) is 0 Å². The van der Waals surface area contributed by atoms with E-state index in [2.05, 4.69) is 5.32 Å². The van der Waals surface area contributed by atoms with Gasteiger partial charge in [0, 0.05) is 25.6 Å². The third-order valence-corrected chi connectivity index (χ3v) is 5.32. The molecule has 3 rings (SSSR count). The Morgan fingerprint density at radius 1 is 1.20 bits per heavy atom. The Morgan fingerprint density at radius 2 is 1.97 bits per heavy atom. The van der Waals surface area contributed by atoms with Gasteiger partial charge in [-0.25, -0.2) is 0 Å². The maximum atomic E-state index is 12.6. The van der Waals surface area contributed by atoms with Gasteiger partial charge < -0.3 is 19.7 Å². The van der Waals surface area contributed by atoms with E-state index in [1.54, 1.807) is 17.0 Å². The number of methoxy groups -OCH3 is 1. The largest absolute Gasteiger partial charge is 0.493 e. The molecule has 6 nitrogen and oxygen atoms in total. The summed E-state index contributed by atoms with van der Waals surface area (Å²) in [5.41, 5.74) is 0.764. The molecule has 9 heteroatoms. The van der Waals surface area contributed by atoms with E-state index in [4.69, 9.17) is 9.47 Å². The van der Waals surface area contributed by atoms with Crippen LogP contribution in [0.2, 0.25) is 0 Å². The predicted octanol–water partition coefficient (Wildman–Crippen LogP) is 3.09. The van der Waals surface area contributed by atoms with Gasteiger partial charge in [-0.3, -0.25) is 9.59 Å². The third kappa shape index (κ3) is 6.53. The first-order valence-corrected chi connectivity index (χ1v) is 10.2. The fourth-order valence-corrected chi connectivity index (χ4v) is 3.52. The van der Waals surface area contributed by atoms with Crippen LogP contribution in [0.3, 0.4) is 0 Å². The number of amides is 2. The van der Waals surface area contributed by atoms with E-state index in [1.165, 1.54) is 13.2 Å². The van der Waals surface area contributed by atoms with Gasteiger partial charge in [0.05, 0.1) is 13.0 Å². The number of alkyl halides is 3. The maximum Gasteiger partial charge on any atom is 0.422 e. The van der Waals surface area contributed by atoms with Crippen molar-refractivity contribution in [3.8, 4) is 11.5 Å². The van der Waals surface area contributed by atoms with Crippen molar-refractivity contribution in [2.75, 3.05) is 26.8 Å². The van der Waals surface area contributed by atoms with Gasteiger partial charge in [-0.2, -0.15) is 13.2 Å². The summed E-state index contributed by atoms with van der Waals surface area (Å²) in [5.74, 6) is 0.0439. The third-order valence-electron chi connectivity index (χ3n) is 5.32. The number of nitrogens with one attached hydrogen (secondary N) is 1. The van der Waals surface area contributed by atoms with Crippen LogP contribution in [0.25, 0.3) is 0 Å². The average molecular weight is 428 g/mol. The summed E-state index contributed by atoms with van der Waals surface area (Å²) in [4.78, 5) is 26.6. The highest BCUT2D eigenvalue weighted by Crippen LogP contribution is 2.30. The monoisotopic (exact) mass is 428 g/mol. The summed E-state index contributed by atoms with van der Waals surface area (Å²) in [6.07, 6.45) is -0.104. The second-order valence-electron chi connectivity index (χ2n) is 7.85. The van der Waals surface area contributed by atoms with Crippen LogP contribution in [0, 0.1) is 5.92 Å². The molecule has 1 N–H and O–H groups in total. The van der Waals surface area contributed by atoms with Crippen molar-refractivity contribution in [3.05, 3.63) is 23.8 Å². The molecule has 30 heavy (non-hydrogen) atoms. The lowest BCUT2D eigenvalue weighted by Gasteiger charge is -2.32. The molecule has 1 atom stereocenters. The lowest BCUT2D eigenvalue weighted by molar-refractivity contribution is -0.153. The Morgan fingerprint density at radius 3 is 2.63 bits per heavy atom. The number of benzene rings is 1. The van der Waals surface area contributed by atoms with E-state index in [0.717, 1.165) is 31.2 Å². The molecule has 2 amide bonds. The summed E-state index contributed by atoms with van der Waals surface area (Å²) in [6.45, 7) is -0.323. The Kier molecular flexibility index (Phi) is 7.10. The summed E-state index contributed by atoms with van der Waals surface area (Å²) in [5, 5.41) is 3.01. The highest BCUT2D eigenvalue weighted by Gasteiger charge is 2.32. The summed E-state index contributed by atoms with van der Waals surface area (Å²) in [6, 6.07) is 4.94. The van der Waals surface area contributed by atoms with E-state index in [1.807, 2.05) is 0 Å². The smallest absolute Gasteiger partial charge is 0.422 e. The first-order chi connectivity index (χ1) is 14.2. The number of carbonyl (C=O) groups excluding carboxylic acids is 2. The van der Waals surface area contributed by atoms with E-state index in [0.29, 0.717) is 25.6 Å². The zero-order valence-electron chi connectivity index (χ0n) is 17.0. The standard InChI is InChI=1S/C21H27F3N2O4/c1-29-18-11-14(4-8-17(18)30-13-21(22,23)24)5-9-19(27)26-10-2-3-15(12-26)20(28)25-16-6-7-16/h4,8,11,15-16H,2-3,5-7,9-10,12-13H2,1H3,(H,25,28). The number of carbonyl (C=O) groups is 2. The number of hydrogen-bond acceptors (Lipinski definition) is 4. The Hall–Kier alpha value is -2.45. The van der Waals surface area contributed by atoms with E-state index >= 15 is 0 Å². The molecule has 1 unspecified atom stereocenters. The molecule has 1 aromatic rings. The Labute approximate surface area is 173 Å². The van der Waals surface area contributed by atoms with Crippen molar-refractivity contribution >= 4 is 11.8 Å². The lowest BCUT2D eigenvalue weighted by Crippen LogP contribution is -2.45. The van der Waals surface area contributed by atoms with Gasteiger partial charge in [-0.15, -0.1) is 0 Å². The molecule has 2 aliphatic rings. The molecule has 166 valence electrons. The van der Waals surface area contributed by atoms with Gasteiger partial charge in [-0.05, 0) is 49.8 Å². The first-order valence-electron chi connectivity index (χ1n) is 10.2. The second-order valence-corrected chi connectivity index (χ2v) is 7.85. The SMILES string of the molecule is COc1cc(CCC(=O)N2CCCC(C(=O)NC3CC3)C2)ccc1OCC(F)(F)F. The van der Waals surface area contributed by atoms with Crippen molar-refractivity contribution in [2.45, 2.75) is 50.7 Å². The molecule has 0 spiro atoms. The normalized spacial score (nSPS) is 19.3. The van der Waals surface area contributed by atoms with Crippen molar-refractivity contribution in [1.82, 2.24) is 10.2 Å². The summed E-state index contributed by atoms with van der Waals surface area (Å²) >= 11 is 0. The molecular weight excluding hydrogens is 401 g/mol. The molecule has 0 bridgehead atoms. The van der Waals surface area contributed by atoms with Crippen LogP contribution in [0.15, 0.2) is 18.2 Å². The highest BCUT2D eigenvalue weighted by molar-refractivity contribution is 5.81. The van der Waals surface area contributed by atoms with Crippen LogP contribution in [0.4, 0.5) is 13.2 Å². The minimum atomic E-state index is -4.43. The lowest BCUT2D eigenvalue weighted by atomic mass is 9.96. The molecule has 0 radical (unpaired) electrons. The summed E-state index contributed by atoms with van der Waals surface area (Å²) in [7, 11) is 1.35. The second kappa shape index (κ2) is 9.57. The molecule has 0 aromatic heterocycles. The molecule has 1 saturated carbocycles. The Bertz CT molecular complexity index is 765. The zero-order valence-corrected chi connectivity index (χ0v) is 17.0. The number of piperidine rings is 1. The summed E-state index contributed by atoms with van der Waals surface area (Å²) < 4.78 is 46.9. The van der Waals surface area contributed by atoms with Crippen LogP contribution in [0.5, 0.6) is 11.5 Å². The number of ether oxygens (including phenoxy) is 2. The van der Waals surface area contributed by atoms with Gasteiger partial charge in [0.2, 0.25) is 11.8 Å². The topological polar surface area (TPSA) is 67.9 Å². The van der Waals surface area contributed by atoms with E-state index < -0.39 is 12.8 Å². The molecule has 1 aromatic carbocycles. The van der Waals surface area contributed by atoms with E-state index in [-0.39, 0.29) is 35.7 Å². The van der Waals surface area contributed by atoms with Crippen LogP contribution >= 0.6 is 0 Å². The number of hydrogen-bond donors (Lipinski definition) is 1. The minimum absolute atomic E-state index is 0.00505. The van der Waals surface area contributed by atoms with E-state index in [9.17, 15) is 22.8 Å². The van der Waals surface area contributed by atoms with Gasteiger partial charge in [0.15, 0.2) is 18.1 Å². The Balaban J connectivity index is 1.51. The first kappa shape index (κ1) is 22.2. The number of nitrogens with zero attached hydrogens (tertiary/aromatic N) is 1. The van der Waals surface area contributed by atoms with Crippen LogP contribution in [0.1, 0.15) is 37.7 Å². The van der Waals surface area contributed by atoms with Crippen molar-refractivity contribution in [3.63, 3.8) is 0 Å². The van der Waals surface area contributed by atoms with Crippen molar-refractivity contribution in [2.24, 2.45) is 5.92 Å². The van der Waals surface area contributed by atoms with Crippen LogP contribution in [-0.4, -0.2) is 55.7 Å². The van der Waals surface area contributed by atoms with Crippen molar-refractivity contribution < 1.29 is 32.2 Å². The molecule has 1 heterocycles.